The zero-order valence-corrected chi connectivity index (χ0v) is 10.3. The Balaban J connectivity index is 2.50. The number of nitrogen functional groups attached to an aromatic ring is 1. The van der Waals surface area contributed by atoms with Gasteiger partial charge in [-0.05, 0) is 18.2 Å². The van der Waals surface area contributed by atoms with Crippen LogP contribution in [0.2, 0.25) is 5.02 Å². The van der Waals surface area contributed by atoms with Gasteiger partial charge < -0.3 is 11.1 Å². The molecule has 16 heavy (non-hydrogen) atoms. The van der Waals surface area contributed by atoms with E-state index in [9.17, 15) is 4.79 Å². The number of carbonyl (C=O) groups is 1. The van der Waals surface area contributed by atoms with Gasteiger partial charge in [0, 0.05) is 17.1 Å². The molecule has 0 radical (unpaired) electrons. The Labute approximate surface area is 104 Å². The number of benzene rings is 1. The van der Waals surface area contributed by atoms with E-state index in [0.717, 1.165) is 4.90 Å². The van der Waals surface area contributed by atoms with Crippen molar-refractivity contribution >= 4 is 35.0 Å². The van der Waals surface area contributed by atoms with Gasteiger partial charge in [-0.1, -0.05) is 17.7 Å². The molecule has 0 fully saturated rings. The van der Waals surface area contributed by atoms with Gasteiger partial charge in [0.25, 0.3) is 0 Å². The molecule has 0 unspecified atom stereocenters. The second-order valence-electron chi connectivity index (χ2n) is 3.07. The number of thioether (sulfide) groups is 1. The number of anilines is 1. The lowest BCUT2D eigenvalue weighted by Gasteiger charge is -2.05. The first-order valence-corrected chi connectivity index (χ1v) is 6.05. The zero-order valence-electron chi connectivity index (χ0n) is 8.70. The predicted molar refractivity (Wildman–Crippen MR) is 69.8 cm³/mol. The van der Waals surface area contributed by atoms with Gasteiger partial charge in [0.2, 0.25) is 5.91 Å². The maximum absolute atomic E-state index is 11.3. The summed E-state index contributed by atoms with van der Waals surface area (Å²) >= 11 is 7.32. The van der Waals surface area contributed by atoms with Gasteiger partial charge in [-0.25, -0.2) is 0 Å². The van der Waals surface area contributed by atoms with E-state index in [-0.39, 0.29) is 5.91 Å². The van der Waals surface area contributed by atoms with Crippen molar-refractivity contribution in [1.29, 1.82) is 0 Å². The van der Waals surface area contributed by atoms with Crippen LogP contribution in [0.1, 0.15) is 0 Å². The number of hydrogen-bond acceptors (Lipinski definition) is 3. The summed E-state index contributed by atoms with van der Waals surface area (Å²) in [5, 5.41) is 3.29. The predicted octanol–water partition coefficient (Wildman–Crippen LogP) is 2.32. The molecule has 3 N–H and O–H groups in total. The van der Waals surface area contributed by atoms with Crippen LogP contribution in [0.3, 0.4) is 0 Å². The summed E-state index contributed by atoms with van der Waals surface area (Å²) in [6.45, 7) is 3.99. The van der Waals surface area contributed by atoms with Crippen LogP contribution < -0.4 is 11.1 Å². The molecule has 0 atom stereocenters. The first kappa shape index (κ1) is 12.9. The van der Waals surface area contributed by atoms with Gasteiger partial charge in [-0.15, -0.1) is 18.3 Å². The summed E-state index contributed by atoms with van der Waals surface area (Å²) < 4.78 is 0. The normalized spacial score (nSPS) is 9.81. The molecule has 1 rings (SSSR count). The lowest BCUT2D eigenvalue weighted by Crippen LogP contribution is -2.24. The van der Waals surface area contributed by atoms with Crippen LogP contribution in [0.15, 0.2) is 35.7 Å². The third-order valence-electron chi connectivity index (χ3n) is 1.76. The Morgan fingerprint density at radius 3 is 3.06 bits per heavy atom. The van der Waals surface area contributed by atoms with Crippen LogP contribution in [0, 0.1) is 0 Å². The second kappa shape index (κ2) is 6.45. The average molecular weight is 257 g/mol. The largest absolute Gasteiger partial charge is 0.399 e. The number of hydrogen-bond donors (Lipinski definition) is 2. The van der Waals surface area contributed by atoms with Crippen molar-refractivity contribution in [3.05, 3.63) is 35.9 Å². The highest BCUT2D eigenvalue weighted by Gasteiger charge is 2.05. The third-order valence-corrected chi connectivity index (χ3v) is 3.25. The minimum absolute atomic E-state index is 0.0524. The molecule has 0 aliphatic rings. The van der Waals surface area contributed by atoms with Crippen LogP contribution in [0.4, 0.5) is 5.69 Å². The van der Waals surface area contributed by atoms with E-state index in [2.05, 4.69) is 11.9 Å². The Morgan fingerprint density at radius 2 is 2.38 bits per heavy atom. The van der Waals surface area contributed by atoms with Crippen molar-refractivity contribution in [1.82, 2.24) is 5.32 Å². The van der Waals surface area contributed by atoms with Crippen molar-refractivity contribution in [2.45, 2.75) is 4.90 Å². The minimum atomic E-state index is -0.0524. The fourth-order valence-electron chi connectivity index (χ4n) is 1.01. The number of nitrogens with two attached hydrogens (primary N) is 1. The van der Waals surface area contributed by atoms with E-state index in [1.165, 1.54) is 11.8 Å². The highest BCUT2D eigenvalue weighted by Crippen LogP contribution is 2.28. The minimum Gasteiger partial charge on any atom is -0.399 e. The van der Waals surface area contributed by atoms with Crippen LogP contribution in [-0.4, -0.2) is 18.2 Å². The number of halogens is 1. The highest BCUT2D eigenvalue weighted by atomic mass is 35.5. The molecule has 3 nitrogen and oxygen atoms in total. The SMILES string of the molecule is C=CCNC(=O)CSc1cc(N)ccc1Cl. The molecule has 1 amide bonds. The van der Waals surface area contributed by atoms with Gasteiger partial charge in [0.1, 0.15) is 0 Å². The second-order valence-corrected chi connectivity index (χ2v) is 4.50. The van der Waals surface area contributed by atoms with Gasteiger partial charge >= 0.3 is 0 Å². The fourth-order valence-corrected chi connectivity index (χ4v) is 2.11. The Morgan fingerprint density at radius 1 is 1.62 bits per heavy atom. The van der Waals surface area contributed by atoms with Crippen LogP contribution in [-0.2, 0) is 4.79 Å². The zero-order chi connectivity index (χ0) is 12.0. The molecule has 0 aliphatic carbocycles. The average Bonchev–Trinajstić information content (AvgIpc) is 2.27. The molecular weight excluding hydrogens is 244 g/mol. The van der Waals surface area contributed by atoms with Crippen molar-refractivity contribution < 1.29 is 4.79 Å². The molecule has 0 aromatic heterocycles. The van der Waals surface area contributed by atoms with E-state index in [4.69, 9.17) is 17.3 Å². The summed E-state index contributed by atoms with van der Waals surface area (Å²) in [4.78, 5) is 12.1. The Kier molecular flexibility index (Phi) is 5.22. The van der Waals surface area contributed by atoms with Gasteiger partial charge in [-0.2, -0.15) is 0 Å². The highest BCUT2D eigenvalue weighted by molar-refractivity contribution is 8.00. The molecule has 86 valence electrons. The van der Waals surface area contributed by atoms with Crippen molar-refractivity contribution in [2.24, 2.45) is 0 Å². The van der Waals surface area contributed by atoms with Gasteiger partial charge in [0.05, 0.1) is 10.8 Å². The maximum Gasteiger partial charge on any atom is 0.230 e. The van der Waals surface area contributed by atoms with E-state index in [0.29, 0.717) is 23.0 Å². The Hall–Kier alpha value is -1.13. The Bertz CT molecular complexity index is 396. The first-order valence-electron chi connectivity index (χ1n) is 4.69. The summed E-state index contributed by atoms with van der Waals surface area (Å²) in [6, 6.07) is 5.21. The fraction of sp³-hybridized carbons (Fsp3) is 0.182. The monoisotopic (exact) mass is 256 g/mol. The standard InChI is InChI=1S/C11H13ClN2OS/c1-2-5-14-11(15)7-16-10-6-8(13)3-4-9(10)12/h2-4,6H,1,5,7,13H2,(H,14,15). The maximum atomic E-state index is 11.3. The molecule has 5 heteroatoms. The van der Waals surface area contributed by atoms with E-state index >= 15 is 0 Å². The summed E-state index contributed by atoms with van der Waals surface area (Å²) in [5.41, 5.74) is 6.27. The topological polar surface area (TPSA) is 55.1 Å². The molecule has 0 saturated heterocycles. The number of rotatable bonds is 5. The number of nitrogens with one attached hydrogen (secondary N) is 1. The molecule has 0 aliphatic heterocycles. The third kappa shape index (κ3) is 4.16. The lowest BCUT2D eigenvalue weighted by atomic mass is 10.3. The number of amides is 1. The smallest absolute Gasteiger partial charge is 0.230 e. The molecule has 1 aromatic rings. The number of carbonyl (C=O) groups excluding carboxylic acids is 1. The van der Waals surface area contributed by atoms with Crippen LogP contribution in [0.5, 0.6) is 0 Å². The van der Waals surface area contributed by atoms with Crippen LogP contribution >= 0.6 is 23.4 Å². The quantitative estimate of drug-likeness (QED) is 0.483. The first-order chi connectivity index (χ1) is 7.63. The molecular formula is C11H13ClN2OS. The van der Waals surface area contributed by atoms with E-state index in [1.54, 1.807) is 24.3 Å². The van der Waals surface area contributed by atoms with E-state index in [1.807, 2.05) is 0 Å². The van der Waals surface area contributed by atoms with Gasteiger partial charge in [-0.3, -0.25) is 4.79 Å². The molecule has 0 bridgehead atoms. The molecule has 0 spiro atoms. The summed E-state index contributed by atoms with van der Waals surface area (Å²) in [7, 11) is 0. The molecule has 0 saturated carbocycles. The van der Waals surface area contributed by atoms with Crippen molar-refractivity contribution in [3.63, 3.8) is 0 Å². The summed E-state index contributed by atoms with van der Waals surface area (Å²) in [6.07, 6.45) is 1.63. The van der Waals surface area contributed by atoms with Gasteiger partial charge in [0.15, 0.2) is 0 Å². The van der Waals surface area contributed by atoms with Crippen LogP contribution in [0.25, 0.3) is 0 Å². The lowest BCUT2D eigenvalue weighted by molar-refractivity contribution is -0.118. The molecule has 0 heterocycles. The molecule has 1 aromatic carbocycles. The summed E-state index contributed by atoms with van der Waals surface area (Å²) in [5.74, 6) is 0.264. The van der Waals surface area contributed by atoms with Crippen molar-refractivity contribution in [3.8, 4) is 0 Å². The van der Waals surface area contributed by atoms with Crippen molar-refractivity contribution in [2.75, 3.05) is 18.0 Å². The van der Waals surface area contributed by atoms with E-state index < -0.39 is 0 Å².